The van der Waals surface area contributed by atoms with Crippen molar-refractivity contribution in [1.82, 2.24) is 15.0 Å². The summed E-state index contributed by atoms with van der Waals surface area (Å²) in [6.45, 7) is 2.43. The SMILES string of the molecule is CC1CCOc2nc(Cl)c(F)c3nc([S+](C)[O-])nc(c23)N1C. The minimum absolute atomic E-state index is 0.0221. The second kappa shape index (κ2) is 5.68. The Bertz CT molecular complexity index is 746. The van der Waals surface area contributed by atoms with Crippen LogP contribution in [-0.4, -0.2) is 45.5 Å². The summed E-state index contributed by atoms with van der Waals surface area (Å²) >= 11 is 4.37. The molecular weight excluding hydrogens is 331 g/mol. The molecule has 0 aromatic carbocycles. The first-order chi connectivity index (χ1) is 10.4. The summed E-state index contributed by atoms with van der Waals surface area (Å²) in [4.78, 5) is 14.2. The number of nitrogens with zero attached hydrogens (tertiary/aromatic N) is 4. The Morgan fingerprint density at radius 2 is 2.14 bits per heavy atom. The number of pyridine rings is 1. The fourth-order valence-corrected chi connectivity index (χ4v) is 2.89. The molecule has 2 aromatic heterocycles. The van der Waals surface area contributed by atoms with E-state index in [4.69, 9.17) is 16.3 Å². The molecule has 3 rings (SSSR count). The van der Waals surface area contributed by atoms with Gasteiger partial charge in [0.15, 0.2) is 16.8 Å². The molecule has 0 saturated heterocycles. The quantitative estimate of drug-likeness (QED) is 0.448. The van der Waals surface area contributed by atoms with Crippen LogP contribution >= 0.6 is 11.6 Å². The molecule has 0 bridgehead atoms. The maximum Gasteiger partial charge on any atom is 0.345 e. The summed E-state index contributed by atoms with van der Waals surface area (Å²) in [6, 6.07) is 0.114. The third-order valence-electron chi connectivity index (χ3n) is 3.70. The zero-order chi connectivity index (χ0) is 16.0. The van der Waals surface area contributed by atoms with Crippen molar-refractivity contribution in [1.29, 1.82) is 0 Å². The monoisotopic (exact) mass is 344 g/mol. The number of anilines is 1. The van der Waals surface area contributed by atoms with Crippen molar-refractivity contribution in [3.05, 3.63) is 11.0 Å². The van der Waals surface area contributed by atoms with Crippen molar-refractivity contribution in [2.45, 2.75) is 24.5 Å². The van der Waals surface area contributed by atoms with Crippen LogP contribution in [0.1, 0.15) is 13.3 Å². The highest BCUT2D eigenvalue weighted by atomic mass is 35.5. The molecule has 3 heterocycles. The average molecular weight is 345 g/mol. The van der Waals surface area contributed by atoms with E-state index >= 15 is 0 Å². The standard InChI is InChI=1S/C13H14ClFN4O2S/c1-6-4-5-21-12-7-9(8(15)10(14)17-12)16-13(22(3)20)18-11(7)19(6)2/h6H,4-5H2,1-3H3. The lowest BCUT2D eigenvalue weighted by Crippen LogP contribution is -2.33. The van der Waals surface area contributed by atoms with Crippen LogP contribution in [0.2, 0.25) is 5.15 Å². The molecule has 0 N–H and O–H groups in total. The smallest absolute Gasteiger partial charge is 0.345 e. The van der Waals surface area contributed by atoms with Gasteiger partial charge >= 0.3 is 5.16 Å². The van der Waals surface area contributed by atoms with Crippen molar-refractivity contribution >= 4 is 39.5 Å². The van der Waals surface area contributed by atoms with E-state index in [1.807, 2.05) is 18.9 Å². The van der Waals surface area contributed by atoms with Gasteiger partial charge in [0, 0.05) is 30.7 Å². The van der Waals surface area contributed by atoms with E-state index in [0.717, 1.165) is 6.42 Å². The molecule has 0 saturated carbocycles. The summed E-state index contributed by atoms with van der Waals surface area (Å²) in [5, 5.41) is 0.0793. The number of hydrogen-bond donors (Lipinski definition) is 0. The summed E-state index contributed by atoms with van der Waals surface area (Å²) in [5.74, 6) is -0.120. The van der Waals surface area contributed by atoms with Crippen LogP contribution in [0.3, 0.4) is 0 Å². The summed E-state index contributed by atoms with van der Waals surface area (Å²) in [6.07, 6.45) is 2.18. The molecule has 2 atom stereocenters. The minimum atomic E-state index is -1.45. The van der Waals surface area contributed by atoms with Crippen LogP contribution < -0.4 is 9.64 Å². The van der Waals surface area contributed by atoms with E-state index < -0.39 is 17.0 Å². The van der Waals surface area contributed by atoms with E-state index in [0.29, 0.717) is 17.8 Å². The Labute approximate surface area is 134 Å². The van der Waals surface area contributed by atoms with Crippen LogP contribution in [0, 0.1) is 5.82 Å². The highest BCUT2D eigenvalue weighted by Crippen LogP contribution is 2.37. The number of rotatable bonds is 1. The van der Waals surface area contributed by atoms with Crippen LogP contribution in [0.5, 0.6) is 5.88 Å². The Morgan fingerprint density at radius 1 is 1.41 bits per heavy atom. The van der Waals surface area contributed by atoms with E-state index in [2.05, 4.69) is 15.0 Å². The van der Waals surface area contributed by atoms with Gasteiger partial charge in [0.25, 0.3) is 0 Å². The van der Waals surface area contributed by atoms with Gasteiger partial charge in [0.1, 0.15) is 17.2 Å². The molecule has 0 amide bonds. The lowest BCUT2D eigenvalue weighted by molar-refractivity contribution is 0.288. The average Bonchev–Trinajstić information content (AvgIpc) is 2.48. The normalized spacial score (nSPS) is 19.5. The molecule has 2 unspecified atom stereocenters. The lowest BCUT2D eigenvalue weighted by atomic mass is 10.1. The zero-order valence-corrected chi connectivity index (χ0v) is 13.8. The number of halogens is 2. The van der Waals surface area contributed by atoms with Gasteiger partial charge in [-0.15, -0.1) is 0 Å². The van der Waals surface area contributed by atoms with Crippen molar-refractivity contribution < 1.29 is 13.7 Å². The third kappa shape index (κ3) is 2.45. The van der Waals surface area contributed by atoms with Gasteiger partial charge in [-0.25, -0.2) is 4.39 Å². The number of aromatic nitrogens is 3. The van der Waals surface area contributed by atoms with Crippen LogP contribution in [0.15, 0.2) is 5.16 Å². The Kier molecular flexibility index (Phi) is 4.00. The van der Waals surface area contributed by atoms with Crippen LogP contribution in [0.4, 0.5) is 10.2 Å². The van der Waals surface area contributed by atoms with Gasteiger partial charge in [0.2, 0.25) is 5.88 Å². The van der Waals surface area contributed by atoms with Gasteiger partial charge in [0.05, 0.1) is 6.61 Å². The topological polar surface area (TPSA) is 74.2 Å². The molecule has 22 heavy (non-hydrogen) atoms. The molecule has 0 radical (unpaired) electrons. The Morgan fingerprint density at radius 3 is 2.82 bits per heavy atom. The molecule has 0 aliphatic carbocycles. The molecular formula is C13H14ClFN4O2S. The number of ether oxygens (including phenoxy) is 1. The Balaban J connectivity index is 2.42. The second-order valence-electron chi connectivity index (χ2n) is 5.13. The van der Waals surface area contributed by atoms with Crippen molar-refractivity contribution in [3.8, 4) is 5.88 Å². The maximum absolute atomic E-state index is 14.4. The highest BCUT2D eigenvalue weighted by Gasteiger charge is 2.28. The van der Waals surface area contributed by atoms with Gasteiger partial charge in [-0.2, -0.15) is 15.0 Å². The first-order valence-corrected chi connectivity index (χ1v) is 8.59. The molecule has 118 valence electrons. The maximum atomic E-state index is 14.4. The largest absolute Gasteiger partial charge is 0.609 e. The van der Waals surface area contributed by atoms with Crippen molar-refractivity contribution in [2.24, 2.45) is 0 Å². The Hall–Kier alpha value is -1.38. The molecule has 0 spiro atoms. The van der Waals surface area contributed by atoms with Gasteiger partial charge < -0.3 is 14.2 Å². The summed E-state index contributed by atoms with van der Waals surface area (Å²) in [5.41, 5.74) is -0.0221. The molecule has 1 aliphatic rings. The second-order valence-corrected chi connectivity index (χ2v) is 6.76. The molecule has 2 aromatic rings. The van der Waals surface area contributed by atoms with Crippen molar-refractivity contribution in [3.63, 3.8) is 0 Å². The lowest BCUT2D eigenvalue weighted by Gasteiger charge is -2.29. The molecule has 0 fully saturated rings. The van der Waals surface area contributed by atoms with E-state index in [1.54, 1.807) is 0 Å². The van der Waals surface area contributed by atoms with Crippen LogP contribution in [0.25, 0.3) is 10.9 Å². The zero-order valence-electron chi connectivity index (χ0n) is 12.3. The summed E-state index contributed by atoms with van der Waals surface area (Å²) in [7, 11) is 1.84. The fourth-order valence-electron chi connectivity index (χ4n) is 2.29. The first kappa shape index (κ1) is 15.5. The third-order valence-corrected chi connectivity index (χ3v) is 4.65. The van der Waals surface area contributed by atoms with Crippen molar-refractivity contribution in [2.75, 3.05) is 24.8 Å². The van der Waals surface area contributed by atoms with E-state index in [1.165, 1.54) is 6.26 Å². The van der Waals surface area contributed by atoms with Crippen LogP contribution in [-0.2, 0) is 11.2 Å². The van der Waals surface area contributed by atoms with Gasteiger partial charge in [-0.1, -0.05) is 11.6 Å². The van der Waals surface area contributed by atoms with Gasteiger partial charge in [-0.3, -0.25) is 0 Å². The molecule has 6 nitrogen and oxygen atoms in total. The summed E-state index contributed by atoms with van der Waals surface area (Å²) < 4.78 is 31.7. The number of hydrogen-bond acceptors (Lipinski definition) is 6. The molecule has 1 aliphatic heterocycles. The van der Waals surface area contributed by atoms with Gasteiger partial charge in [-0.05, 0) is 6.92 Å². The van der Waals surface area contributed by atoms with E-state index in [9.17, 15) is 8.94 Å². The fraction of sp³-hybridized carbons (Fsp3) is 0.462. The highest BCUT2D eigenvalue weighted by molar-refractivity contribution is 7.90. The minimum Gasteiger partial charge on any atom is -0.609 e. The predicted molar refractivity (Wildman–Crippen MR) is 82.6 cm³/mol. The van der Waals surface area contributed by atoms with E-state index in [-0.39, 0.29) is 27.7 Å². The molecule has 9 heteroatoms. The first-order valence-electron chi connectivity index (χ1n) is 6.66. The predicted octanol–water partition coefficient (Wildman–Crippen LogP) is 2.16.